The van der Waals surface area contributed by atoms with Gasteiger partial charge >= 0.3 is 0 Å². The second-order valence-electron chi connectivity index (χ2n) is 9.08. The number of carbonyl (C=O) groups excluding carboxylic acids is 1. The summed E-state index contributed by atoms with van der Waals surface area (Å²) in [4.78, 5) is 17.6. The van der Waals surface area contributed by atoms with Gasteiger partial charge in [-0.2, -0.15) is 5.10 Å². The number of hydrogen-bond donors (Lipinski definition) is 1. The first-order valence-electron chi connectivity index (χ1n) is 9.72. The van der Waals surface area contributed by atoms with Gasteiger partial charge in [0.05, 0.1) is 11.0 Å². The number of carbonyl (C=O) groups is 1. The molecule has 0 radical (unpaired) electrons. The molecule has 1 amide bonds. The van der Waals surface area contributed by atoms with Gasteiger partial charge in [-0.05, 0) is 75.8 Å². The molecule has 4 fully saturated rings. The van der Waals surface area contributed by atoms with Crippen molar-refractivity contribution in [1.29, 1.82) is 0 Å². The summed E-state index contributed by atoms with van der Waals surface area (Å²) >= 11 is 0. The molecule has 1 aromatic carbocycles. The van der Waals surface area contributed by atoms with E-state index in [-0.39, 0.29) is 16.9 Å². The number of nitrogens with zero attached hydrogens (tertiary/aromatic N) is 3. The van der Waals surface area contributed by atoms with E-state index >= 15 is 0 Å². The molecule has 6 rings (SSSR count). The van der Waals surface area contributed by atoms with E-state index in [1.807, 2.05) is 12.4 Å². The lowest BCUT2D eigenvalue weighted by Crippen LogP contribution is -2.60. The summed E-state index contributed by atoms with van der Waals surface area (Å²) in [5.74, 6) is 1.47. The minimum atomic E-state index is -0.257. The third kappa shape index (κ3) is 2.32. The second kappa shape index (κ2) is 5.41. The van der Waals surface area contributed by atoms with Gasteiger partial charge in [-0.25, -0.2) is 9.67 Å². The van der Waals surface area contributed by atoms with Crippen LogP contribution in [0.15, 0.2) is 30.9 Å². The van der Waals surface area contributed by atoms with Crippen LogP contribution in [-0.2, 0) is 10.3 Å². The number of nitrogens with one attached hydrogen (secondary N) is 1. The van der Waals surface area contributed by atoms with Crippen LogP contribution in [0.3, 0.4) is 0 Å². The largest absolute Gasteiger partial charge is 0.325 e. The molecule has 2 atom stereocenters. The first-order chi connectivity index (χ1) is 12.5. The Morgan fingerprint density at radius 1 is 1.19 bits per heavy atom. The number of aromatic nitrogens is 3. The van der Waals surface area contributed by atoms with Crippen LogP contribution in [0, 0.1) is 31.1 Å². The van der Waals surface area contributed by atoms with E-state index in [4.69, 9.17) is 0 Å². The first-order valence-corrected chi connectivity index (χ1v) is 9.72. The molecule has 5 nitrogen and oxygen atoms in total. The van der Waals surface area contributed by atoms with Crippen LogP contribution < -0.4 is 5.32 Å². The molecule has 1 heterocycles. The highest BCUT2D eigenvalue weighted by atomic mass is 16.2. The van der Waals surface area contributed by atoms with Gasteiger partial charge in [0.25, 0.3) is 0 Å². The topological polar surface area (TPSA) is 59.8 Å². The molecule has 2 aromatic rings. The first kappa shape index (κ1) is 16.0. The maximum absolute atomic E-state index is 13.5. The molecule has 1 N–H and O–H groups in total. The molecule has 1 aromatic heterocycles. The van der Waals surface area contributed by atoms with Crippen molar-refractivity contribution in [2.45, 2.75) is 57.9 Å². The Bertz CT molecular complexity index is 843. The second-order valence-corrected chi connectivity index (χ2v) is 9.08. The molecule has 26 heavy (non-hydrogen) atoms. The average molecular weight is 350 g/mol. The monoisotopic (exact) mass is 350 g/mol. The van der Waals surface area contributed by atoms with E-state index in [9.17, 15) is 4.79 Å². The average Bonchev–Trinajstić information content (AvgIpc) is 3.11. The van der Waals surface area contributed by atoms with Crippen molar-refractivity contribution >= 4 is 11.6 Å². The smallest absolute Gasteiger partial charge is 0.230 e. The van der Waals surface area contributed by atoms with Crippen molar-refractivity contribution in [3.8, 4) is 0 Å². The maximum atomic E-state index is 13.5. The Labute approximate surface area is 154 Å². The van der Waals surface area contributed by atoms with Crippen LogP contribution in [0.2, 0.25) is 0 Å². The SMILES string of the molecule is Cc1ccc(NC(=O)C23CC4CC(C2)CC(n2cncn2)(C4)C3)c(C)c1. The van der Waals surface area contributed by atoms with Crippen molar-refractivity contribution in [3.05, 3.63) is 42.0 Å². The van der Waals surface area contributed by atoms with Gasteiger partial charge in [0.2, 0.25) is 5.91 Å². The summed E-state index contributed by atoms with van der Waals surface area (Å²) in [6, 6.07) is 6.24. The zero-order chi connectivity index (χ0) is 17.9. The third-order valence-corrected chi connectivity index (χ3v) is 7.05. The van der Waals surface area contributed by atoms with Gasteiger partial charge in [0, 0.05) is 5.69 Å². The summed E-state index contributed by atoms with van der Waals surface area (Å²) in [5.41, 5.74) is 3.04. The Kier molecular flexibility index (Phi) is 3.34. The van der Waals surface area contributed by atoms with Gasteiger partial charge in [-0.3, -0.25) is 4.79 Å². The molecule has 0 aliphatic heterocycles. The molecule has 0 spiro atoms. The fourth-order valence-electron chi connectivity index (χ4n) is 6.41. The van der Waals surface area contributed by atoms with Crippen LogP contribution in [0.1, 0.15) is 49.7 Å². The number of hydrogen-bond acceptors (Lipinski definition) is 3. The van der Waals surface area contributed by atoms with E-state index in [1.165, 1.54) is 12.0 Å². The number of benzene rings is 1. The Morgan fingerprint density at radius 3 is 2.62 bits per heavy atom. The van der Waals surface area contributed by atoms with Crippen LogP contribution in [-0.4, -0.2) is 20.7 Å². The zero-order valence-corrected chi connectivity index (χ0v) is 15.5. The number of aryl methyl sites for hydroxylation is 2. The lowest BCUT2D eigenvalue weighted by atomic mass is 9.46. The van der Waals surface area contributed by atoms with E-state index < -0.39 is 0 Å². The predicted molar refractivity (Wildman–Crippen MR) is 99.7 cm³/mol. The number of amides is 1. The standard InChI is InChI=1S/C21H26N4O/c1-14-3-4-18(15(2)5-14)24-19(26)20-7-16-6-17(8-20)10-21(9-16,11-20)25-13-22-12-23-25/h3-5,12-13,16-17H,6-11H2,1-2H3,(H,24,26). The van der Waals surface area contributed by atoms with Crippen LogP contribution >= 0.6 is 0 Å². The quantitative estimate of drug-likeness (QED) is 0.915. The minimum Gasteiger partial charge on any atom is -0.325 e. The Hall–Kier alpha value is -2.17. The van der Waals surface area contributed by atoms with E-state index in [0.717, 1.165) is 43.4 Å². The molecule has 5 heteroatoms. The van der Waals surface area contributed by atoms with Crippen molar-refractivity contribution in [3.63, 3.8) is 0 Å². The van der Waals surface area contributed by atoms with Crippen LogP contribution in [0.5, 0.6) is 0 Å². The normalized spacial score (nSPS) is 34.8. The highest BCUT2D eigenvalue weighted by Crippen LogP contribution is 2.64. The maximum Gasteiger partial charge on any atom is 0.230 e. The summed E-state index contributed by atoms with van der Waals surface area (Å²) in [7, 11) is 0. The van der Waals surface area contributed by atoms with E-state index in [0.29, 0.717) is 11.8 Å². The van der Waals surface area contributed by atoms with E-state index in [1.54, 1.807) is 6.33 Å². The third-order valence-electron chi connectivity index (χ3n) is 7.05. The van der Waals surface area contributed by atoms with Gasteiger partial charge in [0.15, 0.2) is 0 Å². The van der Waals surface area contributed by atoms with Crippen molar-refractivity contribution in [2.24, 2.45) is 17.3 Å². The molecule has 4 aliphatic rings. The summed E-state index contributed by atoms with van der Waals surface area (Å²) in [6.07, 6.45) is 9.98. The summed E-state index contributed by atoms with van der Waals surface area (Å²) in [6.45, 7) is 4.15. The Morgan fingerprint density at radius 2 is 1.96 bits per heavy atom. The van der Waals surface area contributed by atoms with Gasteiger partial charge in [-0.1, -0.05) is 17.7 Å². The molecular weight excluding hydrogens is 324 g/mol. The highest BCUT2D eigenvalue weighted by Gasteiger charge is 2.61. The predicted octanol–water partition coefficient (Wildman–Crippen LogP) is 3.83. The zero-order valence-electron chi connectivity index (χ0n) is 15.5. The molecule has 0 saturated heterocycles. The minimum absolute atomic E-state index is 0.0136. The van der Waals surface area contributed by atoms with E-state index in [2.05, 4.69) is 46.1 Å². The van der Waals surface area contributed by atoms with Gasteiger partial charge in [0.1, 0.15) is 12.7 Å². The Balaban J connectivity index is 1.47. The van der Waals surface area contributed by atoms with Crippen molar-refractivity contribution < 1.29 is 4.79 Å². The summed E-state index contributed by atoms with van der Waals surface area (Å²) < 4.78 is 2.06. The number of anilines is 1. The molecule has 4 aliphatic carbocycles. The van der Waals surface area contributed by atoms with Crippen molar-refractivity contribution in [1.82, 2.24) is 14.8 Å². The lowest BCUT2D eigenvalue weighted by Gasteiger charge is -2.60. The summed E-state index contributed by atoms with van der Waals surface area (Å²) in [5, 5.41) is 7.75. The fraction of sp³-hybridized carbons (Fsp3) is 0.571. The molecule has 4 saturated carbocycles. The molecule has 136 valence electrons. The molecule has 2 unspecified atom stereocenters. The lowest BCUT2D eigenvalue weighted by molar-refractivity contribution is -0.150. The van der Waals surface area contributed by atoms with Crippen LogP contribution in [0.4, 0.5) is 5.69 Å². The van der Waals surface area contributed by atoms with Gasteiger partial charge in [-0.15, -0.1) is 0 Å². The van der Waals surface area contributed by atoms with Gasteiger partial charge < -0.3 is 5.32 Å². The molecule has 4 bridgehead atoms. The fourth-order valence-corrected chi connectivity index (χ4v) is 6.41. The highest BCUT2D eigenvalue weighted by molar-refractivity contribution is 5.96. The van der Waals surface area contributed by atoms with Crippen LogP contribution in [0.25, 0.3) is 0 Å². The molecular formula is C21H26N4O. The number of rotatable bonds is 3. The van der Waals surface area contributed by atoms with Crippen molar-refractivity contribution in [2.75, 3.05) is 5.32 Å².